The van der Waals surface area contributed by atoms with Crippen LogP contribution in [0.25, 0.3) is 0 Å². The van der Waals surface area contributed by atoms with Crippen molar-refractivity contribution in [3.8, 4) is 0 Å². The summed E-state index contributed by atoms with van der Waals surface area (Å²) in [5, 5.41) is 3.46. The van der Waals surface area contributed by atoms with E-state index in [4.69, 9.17) is 0 Å². The molecule has 116 valence electrons. The molecule has 3 rings (SSSR count). The van der Waals surface area contributed by atoms with E-state index in [0.717, 1.165) is 26.2 Å². The number of aryl methyl sites for hydroxylation is 3. The van der Waals surface area contributed by atoms with Crippen LogP contribution >= 0.6 is 0 Å². The normalized spacial score (nSPS) is 17.4. The number of nitrogens with one attached hydrogen (secondary N) is 1. The first-order chi connectivity index (χ1) is 10.6. The molecule has 2 heteroatoms. The summed E-state index contributed by atoms with van der Waals surface area (Å²) in [4.78, 5) is 2.61. The van der Waals surface area contributed by atoms with Crippen molar-refractivity contribution in [1.82, 2.24) is 10.2 Å². The Balaban J connectivity index is 2.05. The predicted octanol–water partition coefficient (Wildman–Crippen LogP) is 3.61. The average molecular weight is 294 g/mol. The molecule has 1 atom stereocenters. The van der Waals surface area contributed by atoms with Gasteiger partial charge >= 0.3 is 0 Å². The molecule has 1 N–H and O–H groups in total. The van der Waals surface area contributed by atoms with Crippen LogP contribution in [0.5, 0.6) is 0 Å². The number of hydrogen-bond donors (Lipinski definition) is 1. The van der Waals surface area contributed by atoms with Crippen LogP contribution in [0, 0.1) is 20.8 Å². The zero-order chi connectivity index (χ0) is 15.5. The Kier molecular flexibility index (Phi) is 4.60. The van der Waals surface area contributed by atoms with E-state index >= 15 is 0 Å². The van der Waals surface area contributed by atoms with E-state index in [-0.39, 0.29) is 0 Å². The lowest BCUT2D eigenvalue weighted by Crippen LogP contribution is -2.45. The summed E-state index contributed by atoms with van der Waals surface area (Å²) in [6.45, 7) is 10.9. The lowest BCUT2D eigenvalue weighted by atomic mass is 9.93. The molecule has 1 aliphatic heterocycles. The monoisotopic (exact) mass is 294 g/mol. The molecule has 22 heavy (non-hydrogen) atoms. The SMILES string of the molecule is Cc1cccc(C(c2cc(C)cc(C)c2)N2CCNCC2)c1. The Morgan fingerprint density at radius 1 is 0.818 bits per heavy atom. The lowest BCUT2D eigenvalue weighted by Gasteiger charge is -2.36. The van der Waals surface area contributed by atoms with Gasteiger partial charge in [0.25, 0.3) is 0 Å². The van der Waals surface area contributed by atoms with Crippen LogP contribution in [0.3, 0.4) is 0 Å². The summed E-state index contributed by atoms with van der Waals surface area (Å²) in [5.74, 6) is 0. The molecule has 0 saturated carbocycles. The third kappa shape index (κ3) is 3.40. The standard InChI is InChI=1S/C20H26N2/c1-15-5-4-6-18(12-15)20(22-9-7-21-8-10-22)19-13-16(2)11-17(3)14-19/h4-6,11-14,20-21H,7-10H2,1-3H3. The fourth-order valence-electron chi connectivity index (χ4n) is 3.56. The summed E-state index contributed by atoms with van der Waals surface area (Å²) in [6.07, 6.45) is 0. The van der Waals surface area contributed by atoms with Gasteiger partial charge in [-0.05, 0) is 31.9 Å². The molecule has 1 unspecified atom stereocenters. The highest BCUT2D eigenvalue weighted by Gasteiger charge is 2.24. The summed E-state index contributed by atoms with van der Waals surface area (Å²) >= 11 is 0. The highest BCUT2D eigenvalue weighted by atomic mass is 15.2. The molecule has 1 heterocycles. The largest absolute Gasteiger partial charge is 0.314 e. The molecule has 0 radical (unpaired) electrons. The van der Waals surface area contributed by atoms with Crippen LogP contribution in [0.15, 0.2) is 42.5 Å². The molecule has 2 aromatic rings. The first kappa shape index (κ1) is 15.3. The van der Waals surface area contributed by atoms with Crippen LogP contribution in [0.1, 0.15) is 33.9 Å². The molecular formula is C20H26N2. The van der Waals surface area contributed by atoms with Crippen molar-refractivity contribution in [3.63, 3.8) is 0 Å². The Hall–Kier alpha value is -1.64. The van der Waals surface area contributed by atoms with E-state index in [1.54, 1.807) is 0 Å². The minimum atomic E-state index is 0.362. The fourth-order valence-corrected chi connectivity index (χ4v) is 3.56. The molecular weight excluding hydrogens is 268 g/mol. The summed E-state index contributed by atoms with van der Waals surface area (Å²) in [7, 11) is 0. The first-order valence-corrected chi connectivity index (χ1v) is 8.23. The second-order valence-corrected chi connectivity index (χ2v) is 6.52. The predicted molar refractivity (Wildman–Crippen MR) is 93.4 cm³/mol. The van der Waals surface area contributed by atoms with Crippen molar-refractivity contribution in [2.75, 3.05) is 26.2 Å². The van der Waals surface area contributed by atoms with Crippen molar-refractivity contribution >= 4 is 0 Å². The molecule has 2 nitrogen and oxygen atoms in total. The first-order valence-electron chi connectivity index (χ1n) is 8.23. The van der Waals surface area contributed by atoms with Gasteiger partial charge in [0.15, 0.2) is 0 Å². The third-order valence-corrected chi connectivity index (χ3v) is 4.43. The number of benzene rings is 2. The smallest absolute Gasteiger partial charge is 0.0602 e. The van der Waals surface area contributed by atoms with Gasteiger partial charge in [-0.15, -0.1) is 0 Å². The van der Waals surface area contributed by atoms with E-state index in [1.807, 2.05) is 0 Å². The molecule has 1 saturated heterocycles. The maximum absolute atomic E-state index is 3.46. The molecule has 1 aliphatic rings. The highest BCUT2D eigenvalue weighted by Crippen LogP contribution is 2.30. The van der Waals surface area contributed by atoms with E-state index in [0.29, 0.717) is 6.04 Å². The molecule has 0 bridgehead atoms. The minimum Gasteiger partial charge on any atom is -0.314 e. The Bertz CT molecular complexity index is 622. The quantitative estimate of drug-likeness (QED) is 0.930. The molecule has 0 spiro atoms. The topological polar surface area (TPSA) is 15.3 Å². The van der Waals surface area contributed by atoms with Gasteiger partial charge in [0.1, 0.15) is 0 Å². The van der Waals surface area contributed by atoms with Gasteiger partial charge in [-0.25, -0.2) is 0 Å². The Labute approximate surface area is 134 Å². The Morgan fingerprint density at radius 3 is 2.09 bits per heavy atom. The van der Waals surface area contributed by atoms with Gasteiger partial charge in [0, 0.05) is 26.2 Å². The zero-order valence-electron chi connectivity index (χ0n) is 13.9. The van der Waals surface area contributed by atoms with Gasteiger partial charge in [-0.2, -0.15) is 0 Å². The molecule has 0 aromatic heterocycles. The fraction of sp³-hybridized carbons (Fsp3) is 0.400. The molecule has 2 aromatic carbocycles. The third-order valence-electron chi connectivity index (χ3n) is 4.43. The van der Waals surface area contributed by atoms with Gasteiger partial charge in [0.05, 0.1) is 6.04 Å². The van der Waals surface area contributed by atoms with E-state index in [2.05, 4.69) is 73.5 Å². The molecule has 0 amide bonds. The van der Waals surface area contributed by atoms with E-state index < -0.39 is 0 Å². The van der Waals surface area contributed by atoms with Crippen LogP contribution < -0.4 is 5.32 Å². The Morgan fingerprint density at radius 2 is 1.45 bits per heavy atom. The van der Waals surface area contributed by atoms with Crippen LogP contribution in [-0.4, -0.2) is 31.1 Å². The van der Waals surface area contributed by atoms with Crippen molar-refractivity contribution in [2.24, 2.45) is 0 Å². The average Bonchev–Trinajstić information content (AvgIpc) is 2.48. The number of hydrogen-bond acceptors (Lipinski definition) is 2. The second-order valence-electron chi connectivity index (χ2n) is 6.52. The molecule has 1 fully saturated rings. The van der Waals surface area contributed by atoms with Crippen molar-refractivity contribution < 1.29 is 0 Å². The summed E-state index contributed by atoms with van der Waals surface area (Å²) in [6, 6.07) is 16.3. The summed E-state index contributed by atoms with van der Waals surface area (Å²) in [5.41, 5.74) is 6.87. The van der Waals surface area contributed by atoms with Crippen molar-refractivity contribution in [2.45, 2.75) is 26.8 Å². The summed E-state index contributed by atoms with van der Waals surface area (Å²) < 4.78 is 0. The van der Waals surface area contributed by atoms with E-state index in [9.17, 15) is 0 Å². The zero-order valence-corrected chi connectivity index (χ0v) is 13.9. The maximum Gasteiger partial charge on any atom is 0.0602 e. The second kappa shape index (κ2) is 6.64. The highest BCUT2D eigenvalue weighted by molar-refractivity contribution is 5.38. The van der Waals surface area contributed by atoms with Crippen molar-refractivity contribution in [1.29, 1.82) is 0 Å². The maximum atomic E-state index is 3.46. The van der Waals surface area contributed by atoms with Gasteiger partial charge < -0.3 is 5.32 Å². The molecule has 0 aliphatic carbocycles. The van der Waals surface area contributed by atoms with Crippen LogP contribution in [-0.2, 0) is 0 Å². The van der Waals surface area contributed by atoms with Crippen molar-refractivity contribution in [3.05, 3.63) is 70.3 Å². The minimum absolute atomic E-state index is 0.362. The van der Waals surface area contributed by atoms with Crippen LogP contribution in [0.4, 0.5) is 0 Å². The van der Waals surface area contributed by atoms with Gasteiger partial charge in [0.2, 0.25) is 0 Å². The number of piperazine rings is 1. The number of rotatable bonds is 3. The van der Waals surface area contributed by atoms with Gasteiger partial charge in [-0.3, -0.25) is 4.90 Å². The van der Waals surface area contributed by atoms with Crippen LogP contribution in [0.2, 0.25) is 0 Å². The number of nitrogens with zero attached hydrogens (tertiary/aromatic N) is 1. The van der Waals surface area contributed by atoms with Gasteiger partial charge in [-0.1, -0.05) is 59.2 Å². The lowest BCUT2D eigenvalue weighted by molar-refractivity contribution is 0.198. The van der Waals surface area contributed by atoms with E-state index in [1.165, 1.54) is 27.8 Å².